The van der Waals surface area contributed by atoms with Gasteiger partial charge >= 0.3 is 5.97 Å². The van der Waals surface area contributed by atoms with Gasteiger partial charge < -0.3 is 10.1 Å². The molecule has 1 fully saturated rings. The molecule has 1 amide bonds. The van der Waals surface area contributed by atoms with Gasteiger partial charge in [-0.15, -0.1) is 0 Å². The third-order valence-electron chi connectivity index (χ3n) is 5.37. The second kappa shape index (κ2) is 7.99. The van der Waals surface area contributed by atoms with E-state index in [1.807, 2.05) is 36.9 Å². The first-order valence-corrected chi connectivity index (χ1v) is 9.33. The normalized spacial score (nSPS) is 23.8. The molecule has 1 aromatic rings. The van der Waals surface area contributed by atoms with E-state index < -0.39 is 6.04 Å². The van der Waals surface area contributed by atoms with Crippen molar-refractivity contribution in [2.24, 2.45) is 5.92 Å². The number of nitrogens with one attached hydrogen (secondary N) is 1. The highest BCUT2D eigenvalue weighted by Gasteiger charge is 2.32. The molecule has 0 radical (unpaired) electrons. The lowest BCUT2D eigenvalue weighted by Crippen LogP contribution is -2.50. The van der Waals surface area contributed by atoms with Crippen LogP contribution in [0.25, 0.3) is 0 Å². The lowest BCUT2D eigenvalue weighted by Gasteiger charge is -2.32. The average Bonchev–Trinajstić information content (AvgIpc) is 2.75. The number of esters is 1. The minimum atomic E-state index is -0.531. The van der Waals surface area contributed by atoms with Crippen LogP contribution >= 0.6 is 0 Å². The van der Waals surface area contributed by atoms with E-state index in [1.54, 1.807) is 0 Å². The molecule has 26 heavy (non-hydrogen) atoms. The molecule has 0 saturated carbocycles. The van der Waals surface area contributed by atoms with Crippen molar-refractivity contribution < 1.29 is 19.1 Å². The summed E-state index contributed by atoms with van der Waals surface area (Å²) in [6.45, 7) is 5.67. The summed E-state index contributed by atoms with van der Waals surface area (Å²) in [5.74, 6) is -0.233. The smallest absolute Gasteiger partial charge is 0.323 e. The molecule has 0 spiro atoms. The van der Waals surface area contributed by atoms with Crippen LogP contribution in [-0.2, 0) is 32.0 Å². The number of ketones is 1. The van der Waals surface area contributed by atoms with Gasteiger partial charge in [0.25, 0.3) is 0 Å². The van der Waals surface area contributed by atoms with Crippen molar-refractivity contribution in [1.82, 2.24) is 4.90 Å². The molecule has 3 rings (SSSR count). The van der Waals surface area contributed by atoms with Crippen molar-refractivity contribution in [2.45, 2.75) is 45.6 Å². The Kier molecular flexibility index (Phi) is 5.71. The van der Waals surface area contributed by atoms with Gasteiger partial charge in [-0.1, -0.05) is 19.9 Å². The molecule has 1 aliphatic carbocycles. The minimum absolute atomic E-state index is 0.0692. The van der Waals surface area contributed by atoms with E-state index in [4.69, 9.17) is 4.74 Å². The summed E-state index contributed by atoms with van der Waals surface area (Å²) in [5.41, 5.74) is 2.83. The molecule has 2 unspecified atom stereocenters. The molecule has 1 aromatic carbocycles. The van der Waals surface area contributed by atoms with Gasteiger partial charge in [0.15, 0.2) is 0 Å². The molecule has 1 aliphatic heterocycles. The number of cyclic esters (lactones) is 1. The molecular formula is C20H26N2O4. The first-order valence-electron chi connectivity index (χ1n) is 9.33. The van der Waals surface area contributed by atoms with Gasteiger partial charge in [-0.2, -0.15) is 0 Å². The number of hydrogen-bond donors (Lipinski definition) is 1. The van der Waals surface area contributed by atoms with E-state index in [0.29, 0.717) is 31.8 Å². The Morgan fingerprint density at radius 1 is 1.31 bits per heavy atom. The fourth-order valence-electron chi connectivity index (χ4n) is 3.65. The van der Waals surface area contributed by atoms with Crippen LogP contribution in [0.15, 0.2) is 18.2 Å². The summed E-state index contributed by atoms with van der Waals surface area (Å²) in [7, 11) is 0. The number of ether oxygens (including phenoxy) is 1. The zero-order valence-electron chi connectivity index (χ0n) is 15.4. The first kappa shape index (κ1) is 18.6. The number of Topliss-reactive ketones (excluding diaryl/α,β-unsaturated/α-hetero) is 1. The number of aryl methyl sites for hydroxylation is 1. The van der Waals surface area contributed by atoms with Gasteiger partial charge in [0.05, 0.1) is 6.42 Å². The number of carbonyl (C=O) groups is 3. The van der Waals surface area contributed by atoms with E-state index in [2.05, 4.69) is 5.32 Å². The summed E-state index contributed by atoms with van der Waals surface area (Å²) >= 11 is 0. The number of anilines is 1. The van der Waals surface area contributed by atoms with Crippen molar-refractivity contribution in [1.29, 1.82) is 0 Å². The predicted molar refractivity (Wildman–Crippen MR) is 97.9 cm³/mol. The highest BCUT2D eigenvalue weighted by atomic mass is 16.5. The number of likely N-dealkylation sites (N-methyl/N-ethyl adjacent to an activating group) is 1. The predicted octanol–water partition coefficient (Wildman–Crippen LogP) is 1.96. The maximum Gasteiger partial charge on any atom is 0.323 e. The van der Waals surface area contributed by atoms with Crippen LogP contribution in [0.1, 0.15) is 37.8 Å². The monoisotopic (exact) mass is 358 g/mol. The molecule has 2 aliphatic rings. The number of carbonyl (C=O) groups excluding carboxylic acids is 3. The number of nitrogens with zero attached hydrogens (tertiary/aromatic N) is 1. The minimum Gasteiger partial charge on any atom is -0.463 e. The molecule has 1 heterocycles. The Bertz CT molecular complexity index is 716. The summed E-state index contributed by atoms with van der Waals surface area (Å²) in [4.78, 5) is 38.5. The molecule has 0 bridgehead atoms. The van der Waals surface area contributed by atoms with Crippen LogP contribution in [0, 0.1) is 5.92 Å². The zero-order chi connectivity index (χ0) is 18.7. The second-order valence-electron chi connectivity index (χ2n) is 7.13. The SMILES string of the molecule is CCN1CCOC(=O)C1CC(=O)Nc1ccc2c(c1)CC(=O)C(C)CC2. The quantitative estimate of drug-likeness (QED) is 0.658. The Labute approximate surface area is 153 Å². The standard InChI is InChI=1S/C20H26N2O4/c1-3-22-8-9-26-20(25)17(22)12-19(24)21-16-7-6-14-5-4-13(2)18(23)11-15(14)10-16/h6-7,10,13,17H,3-5,8-9,11-12H2,1-2H3,(H,21,24). The summed E-state index contributed by atoms with van der Waals surface area (Å²) in [6, 6.07) is 5.22. The van der Waals surface area contributed by atoms with Crippen molar-refractivity contribution in [2.75, 3.05) is 25.0 Å². The van der Waals surface area contributed by atoms with Crippen LogP contribution < -0.4 is 5.32 Å². The van der Waals surface area contributed by atoms with E-state index >= 15 is 0 Å². The number of fused-ring (bicyclic) bond motifs is 1. The fourth-order valence-corrected chi connectivity index (χ4v) is 3.65. The zero-order valence-corrected chi connectivity index (χ0v) is 15.4. The number of amides is 1. The van der Waals surface area contributed by atoms with Crippen molar-refractivity contribution >= 4 is 23.3 Å². The number of rotatable bonds is 4. The van der Waals surface area contributed by atoms with E-state index in [9.17, 15) is 14.4 Å². The highest BCUT2D eigenvalue weighted by molar-refractivity contribution is 5.94. The van der Waals surface area contributed by atoms with Crippen molar-refractivity contribution in [3.8, 4) is 0 Å². The van der Waals surface area contributed by atoms with Crippen LogP contribution in [0.4, 0.5) is 5.69 Å². The average molecular weight is 358 g/mol. The molecule has 1 N–H and O–H groups in total. The Morgan fingerprint density at radius 3 is 2.88 bits per heavy atom. The Balaban J connectivity index is 1.67. The van der Waals surface area contributed by atoms with Gasteiger partial charge in [-0.25, -0.2) is 0 Å². The van der Waals surface area contributed by atoms with Crippen molar-refractivity contribution in [3.63, 3.8) is 0 Å². The van der Waals surface area contributed by atoms with E-state index in [1.165, 1.54) is 5.56 Å². The Morgan fingerprint density at radius 2 is 2.12 bits per heavy atom. The lowest BCUT2D eigenvalue weighted by molar-refractivity contribution is -0.158. The second-order valence-corrected chi connectivity index (χ2v) is 7.13. The van der Waals surface area contributed by atoms with Crippen LogP contribution in [0.3, 0.4) is 0 Å². The fraction of sp³-hybridized carbons (Fsp3) is 0.550. The molecule has 6 heteroatoms. The highest BCUT2D eigenvalue weighted by Crippen LogP contribution is 2.25. The third kappa shape index (κ3) is 4.12. The molecule has 2 atom stereocenters. The largest absolute Gasteiger partial charge is 0.463 e. The van der Waals surface area contributed by atoms with Gasteiger partial charge in [0.2, 0.25) is 5.91 Å². The van der Waals surface area contributed by atoms with Gasteiger partial charge in [-0.05, 0) is 42.6 Å². The van der Waals surface area contributed by atoms with Crippen LogP contribution in [0.2, 0.25) is 0 Å². The Hall–Kier alpha value is -2.21. The first-order chi connectivity index (χ1) is 12.5. The summed E-state index contributed by atoms with van der Waals surface area (Å²) in [5, 5.41) is 2.87. The number of hydrogen-bond acceptors (Lipinski definition) is 5. The molecule has 140 valence electrons. The van der Waals surface area contributed by atoms with E-state index in [-0.39, 0.29) is 30.0 Å². The number of benzene rings is 1. The van der Waals surface area contributed by atoms with Gasteiger partial charge in [0, 0.05) is 24.6 Å². The topological polar surface area (TPSA) is 75.7 Å². The molecular weight excluding hydrogens is 332 g/mol. The molecule has 0 aromatic heterocycles. The van der Waals surface area contributed by atoms with Crippen LogP contribution in [0.5, 0.6) is 0 Å². The van der Waals surface area contributed by atoms with Gasteiger partial charge in [0.1, 0.15) is 18.4 Å². The summed E-state index contributed by atoms with van der Waals surface area (Å²) < 4.78 is 5.09. The maximum absolute atomic E-state index is 12.4. The summed E-state index contributed by atoms with van der Waals surface area (Å²) in [6.07, 6.45) is 2.24. The molecule has 6 nitrogen and oxygen atoms in total. The number of morpholine rings is 1. The maximum atomic E-state index is 12.4. The molecule has 1 saturated heterocycles. The van der Waals surface area contributed by atoms with Crippen molar-refractivity contribution in [3.05, 3.63) is 29.3 Å². The van der Waals surface area contributed by atoms with E-state index in [0.717, 1.165) is 18.4 Å². The van der Waals surface area contributed by atoms with Crippen LogP contribution in [-0.4, -0.2) is 48.3 Å². The third-order valence-corrected chi connectivity index (χ3v) is 5.37. The van der Waals surface area contributed by atoms with Gasteiger partial charge in [-0.3, -0.25) is 19.3 Å². The lowest BCUT2D eigenvalue weighted by atomic mass is 10.0.